The minimum absolute atomic E-state index is 0.0534. The van der Waals surface area contributed by atoms with Crippen molar-refractivity contribution in [3.8, 4) is 0 Å². The minimum atomic E-state index is -0.120. The number of amides is 1. The van der Waals surface area contributed by atoms with E-state index in [0.717, 1.165) is 36.2 Å². The Bertz CT molecular complexity index is 933. The molecule has 1 aliphatic heterocycles. The molecule has 1 aromatic carbocycles. The van der Waals surface area contributed by atoms with Gasteiger partial charge < -0.3 is 4.74 Å². The highest BCUT2D eigenvalue weighted by Gasteiger charge is 2.28. The van der Waals surface area contributed by atoms with Gasteiger partial charge in [-0.1, -0.05) is 11.3 Å². The van der Waals surface area contributed by atoms with E-state index >= 15 is 0 Å². The Morgan fingerprint density at radius 3 is 2.89 bits per heavy atom. The maximum absolute atomic E-state index is 13.2. The molecule has 0 bridgehead atoms. The minimum Gasteiger partial charge on any atom is -0.376 e. The number of anilines is 1. The van der Waals surface area contributed by atoms with Crippen LogP contribution in [-0.4, -0.2) is 39.9 Å². The molecule has 1 aliphatic rings. The van der Waals surface area contributed by atoms with Gasteiger partial charge in [0.15, 0.2) is 10.8 Å². The number of benzene rings is 1. The Hall–Kier alpha value is -2.25. The van der Waals surface area contributed by atoms with Crippen LogP contribution in [0.4, 0.5) is 5.13 Å². The lowest BCUT2D eigenvalue weighted by molar-refractivity contribution is 0.0912. The smallest absolute Gasteiger partial charge is 0.280 e. The highest BCUT2D eigenvalue weighted by molar-refractivity contribution is 7.22. The monoisotopic (exact) mass is 384 g/mol. The standard InChI is InChI=1S/C20H24N4O2S/c1-4-23-8-7-16(22-23)19(25)24(12-15-6-5-9-26-15)20-21-17-10-13(2)14(3)11-18(17)27-20/h7-8,10-11,15H,4-6,9,12H2,1-3H3. The van der Waals surface area contributed by atoms with E-state index in [1.807, 2.05) is 13.1 Å². The largest absolute Gasteiger partial charge is 0.376 e. The number of thiazole rings is 1. The van der Waals surface area contributed by atoms with Crippen molar-refractivity contribution in [3.05, 3.63) is 41.2 Å². The van der Waals surface area contributed by atoms with Gasteiger partial charge in [-0.15, -0.1) is 0 Å². The van der Waals surface area contributed by atoms with Gasteiger partial charge in [-0.05, 0) is 62.9 Å². The molecule has 3 heterocycles. The molecule has 6 nitrogen and oxygen atoms in total. The van der Waals surface area contributed by atoms with E-state index in [4.69, 9.17) is 9.72 Å². The summed E-state index contributed by atoms with van der Waals surface area (Å²) in [5, 5.41) is 5.10. The number of nitrogens with zero attached hydrogens (tertiary/aromatic N) is 4. The summed E-state index contributed by atoms with van der Waals surface area (Å²) in [6.45, 7) is 8.19. The molecule has 0 N–H and O–H groups in total. The zero-order valence-corrected chi connectivity index (χ0v) is 16.8. The second kappa shape index (κ2) is 7.40. The van der Waals surface area contributed by atoms with Crippen LogP contribution in [-0.2, 0) is 11.3 Å². The number of ether oxygens (including phenoxy) is 1. The van der Waals surface area contributed by atoms with E-state index in [1.54, 1.807) is 27.0 Å². The summed E-state index contributed by atoms with van der Waals surface area (Å²) >= 11 is 1.55. The molecular weight excluding hydrogens is 360 g/mol. The van der Waals surface area contributed by atoms with Gasteiger partial charge in [-0.3, -0.25) is 14.4 Å². The van der Waals surface area contributed by atoms with Gasteiger partial charge in [-0.25, -0.2) is 4.98 Å². The summed E-state index contributed by atoms with van der Waals surface area (Å²) in [7, 11) is 0. The highest BCUT2D eigenvalue weighted by atomic mass is 32.1. The first-order chi connectivity index (χ1) is 13.0. The number of fused-ring (bicyclic) bond motifs is 1. The van der Waals surface area contributed by atoms with Crippen molar-refractivity contribution in [3.63, 3.8) is 0 Å². The summed E-state index contributed by atoms with van der Waals surface area (Å²) < 4.78 is 8.65. The van der Waals surface area contributed by atoms with Gasteiger partial charge in [0.1, 0.15) is 0 Å². The fourth-order valence-corrected chi connectivity index (χ4v) is 4.37. The molecule has 0 spiro atoms. The molecule has 3 aromatic rings. The van der Waals surface area contributed by atoms with Crippen molar-refractivity contribution in [1.82, 2.24) is 14.8 Å². The first-order valence-electron chi connectivity index (χ1n) is 9.40. The average Bonchev–Trinajstić information content (AvgIpc) is 3.40. The van der Waals surface area contributed by atoms with Crippen LogP contribution in [0.15, 0.2) is 24.4 Å². The summed E-state index contributed by atoms with van der Waals surface area (Å²) in [6, 6.07) is 6.01. The Morgan fingerprint density at radius 2 is 2.19 bits per heavy atom. The predicted molar refractivity (Wildman–Crippen MR) is 108 cm³/mol. The molecule has 2 aromatic heterocycles. The number of carbonyl (C=O) groups is 1. The van der Waals surface area contributed by atoms with E-state index in [0.29, 0.717) is 17.4 Å². The van der Waals surface area contributed by atoms with Crippen LogP contribution in [0.5, 0.6) is 0 Å². The van der Waals surface area contributed by atoms with Crippen molar-refractivity contribution in [2.45, 2.75) is 46.3 Å². The lowest BCUT2D eigenvalue weighted by atomic mass is 10.1. The Morgan fingerprint density at radius 1 is 1.37 bits per heavy atom. The Balaban J connectivity index is 1.71. The van der Waals surface area contributed by atoms with Crippen LogP contribution >= 0.6 is 11.3 Å². The van der Waals surface area contributed by atoms with E-state index in [-0.39, 0.29) is 12.0 Å². The molecular formula is C20H24N4O2S. The normalized spacial score (nSPS) is 16.9. The molecule has 142 valence electrons. The van der Waals surface area contributed by atoms with Crippen molar-refractivity contribution in [1.29, 1.82) is 0 Å². The van der Waals surface area contributed by atoms with Crippen molar-refractivity contribution >= 4 is 32.6 Å². The van der Waals surface area contributed by atoms with Crippen LogP contribution in [0.1, 0.15) is 41.4 Å². The number of carbonyl (C=O) groups excluding carboxylic acids is 1. The molecule has 0 saturated carbocycles. The predicted octanol–water partition coefficient (Wildman–Crippen LogP) is 3.96. The third kappa shape index (κ3) is 3.61. The molecule has 1 fully saturated rings. The van der Waals surface area contributed by atoms with Crippen LogP contribution in [0.3, 0.4) is 0 Å². The molecule has 27 heavy (non-hydrogen) atoms. The molecule has 4 rings (SSSR count). The van der Waals surface area contributed by atoms with E-state index in [1.165, 1.54) is 11.1 Å². The lowest BCUT2D eigenvalue weighted by Gasteiger charge is -2.22. The summed E-state index contributed by atoms with van der Waals surface area (Å²) in [6.07, 6.45) is 3.89. The van der Waals surface area contributed by atoms with Gasteiger partial charge in [-0.2, -0.15) is 5.10 Å². The highest BCUT2D eigenvalue weighted by Crippen LogP contribution is 2.32. The maximum atomic E-state index is 13.2. The Kier molecular flexibility index (Phi) is 4.97. The second-order valence-corrected chi connectivity index (χ2v) is 8.02. The zero-order valence-electron chi connectivity index (χ0n) is 15.9. The molecule has 0 aliphatic carbocycles. The molecule has 0 radical (unpaired) electrons. The molecule has 1 amide bonds. The molecule has 1 atom stereocenters. The van der Waals surface area contributed by atoms with Crippen LogP contribution < -0.4 is 4.90 Å². The van der Waals surface area contributed by atoms with Gasteiger partial charge in [0.2, 0.25) is 0 Å². The van der Waals surface area contributed by atoms with E-state index in [9.17, 15) is 4.79 Å². The summed E-state index contributed by atoms with van der Waals surface area (Å²) in [5.41, 5.74) is 3.82. The number of aryl methyl sites for hydroxylation is 3. The van der Waals surface area contributed by atoms with Gasteiger partial charge in [0, 0.05) is 19.3 Å². The fraction of sp³-hybridized carbons (Fsp3) is 0.450. The number of hydrogen-bond acceptors (Lipinski definition) is 5. The van der Waals surface area contributed by atoms with Crippen LogP contribution in [0.2, 0.25) is 0 Å². The molecule has 7 heteroatoms. The maximum Gasteiger partial charge on any atom is 0.280 e. The SMILES string of the molecule is CCn1ccc(C(=O)N(CC2CCCO2)c2nc3cc(C)c(C)cc3s2)n1. The fourth-order valence-electron chi connectivity index (χ4n) is 3.31. The van der Waals surface area contributed by atoms with Crippen LogP contribution in [0.25, 0.3) is 10.2 Å². The zero-order chi connectivity index (χ0) is 19.0. The average molecular weight is 385 g/mol. The van der Waals surface area contributed by atoms with Crippen molar-refractivity contribution in [2.75, 3.05) is 18.1 Å². The van der Waals surface area contributed by atoms with Gasteiger partial charge in [0.25, 0.3) is 5.91 Å². The molecule has 1 unspecified atom stereocenters. The number of hydrogen-bond donors (Lipinski definition) is 0. The van der Waals surface area contributed by atoms with E-state index in [2.05, 4.69) is 31.1 Å². The van der Waals surface area contributed by atoms with Gasteiger partial charge >= 0.3 is 0 Å². The van der Waals surface area contributed by atoms with Crippen molar-refractivity contribution < 1.29 is 9.53 Å². The first kappa shape index (κ1) is 18.1. The third-order valence-electron chi connectivity index (χ3n) is 5.06. The van der Waals surface area contributed by atoms with Crippen molar-refractivity contribution in [2.24, 2.45) is 0 Å². The van der Waals surface area contributed by atoms with Gasteiger partial charge in [0.05, 0.1) is 22.9 Å². The first-order valence-corrected chi connectivity index (χ1v) is 10.2. The summed E-state index contributed by atoms with van der Waals surface area (Å²) in [5.74, 6) is -0.120. The number of aromatic nitrogens is 3. The number of rotatable bonds is 5. The summed E-state index contributed by atoms with van der Waals surface area (Å²) in [4.78, 5) is 19.7. The van der Waals surface area contributed by atoms with E-state index < -0.39 is 0 Å². The Labute approximate surface area is 162 Å². The lowest BCUT2D eigenvalue weighted by Crippen LogP contribution is -2.37. The van der Waals surface area contributed by atoms with Crippen LogP contribution in [0, 0.1) is 13.8 Å². The quantitative estimate of drug-likeness (QED) is 0.668. The second-order valence-electron chi connectivity index (χ2n) is 7.01. The third-order valence-corrected chi connectivity index (χ3v) is 6.10. The molecule has 1 saturated heterocycles. The topological polar surface area (TPSA) is 60.2 Å².